The van der Waals surface area contributed by atoms with Crippen LogP contribution in [0, 0.1) is 0 Å². The van der Waals surface area contributed by atoms with Crippen LogP contribution in [0.1, 0.15) is 0 Å². The largest absolute Gasteiger partial charge is 0.493 e. The average molecular weight is 181 g/mol. The monoisotopic (exact) mass is 181 g/mol. The van der Waals surface area contributed by atoms with E-state index in [-0.39, 0.29) is 11.5 Å². The van der Waals surface area contributed by atoms with Crippen LogP contribution in [0.2, 0.25) is 0 Å². The SMILES string of the molecule is COC1=CC(=CN(C)O)C=CC1=O. The lowest BCUT2D eigenvalue weighted by molar-refractivity contribution is -0.114. The van der Waals surface area contributed by atoms with Gasteiger partial charge in [0.05, 0.1) is 7.11 Å². The minimum Gasteiger partial charge on any atom is -0.493 e. The van der Waals surface area contributed by atoms with E-state index in [9.17, 15) is 4.79 Å². The van der Waals surface area contributed by atoms with Crippen molar-refractivity contribution in [1.29, 1.82) is 0 Å². The van der Waals surface area contributed by atoms with Crippen LogP contribution in [0.4, 0.5) is 0 Å². The number of ketones is 1. The van der Waals surface area contributed by atoms with E-state index < -0.39 is 0 Å². The number of hydrogen-bond acceptors (Lipinski definition) is 4. The van der Waals surface area contributed by atoms with E-state index in [2.05, 4.69) is 0 Å². The zero-order chi connectivity index (χ0) is 9.84. The van der Waals surface area contributed by atoms with Crippen LogP contribution in [-0.2, 0) is 9.53 Å². The summed E-state index contributed by atoms with van der Waals surface area (Å²) in [6.07, 6.45) is 6.04. The fourth-order valence-corrected chi connectivity index (χ4v) is 0.980. The van der Waals surface area contributed by atoms with Crippen LogP contribution in [-0.4, -0.2) is 30.2 Å². The first-order valence-corrected chi connectivity index (χ1v) is 3.75. The second-order valence-electron chi connectivity index (χ2n) is 2.61. The lowest BCUT2D eigenvalue weighted by Crippen LogP contribution is -2.08. The molecule has 0 aromatic rings. The van der Waals surface area contributed by atoms with Crippen molar-refractivity contribution in [2.45, 2.75) is 0 Å². The van der Waals surface area contributed by atoms with Gasteiger partial charge in [-0.25, -0.2) is 0 Å². The standard InChI is InChI=1S/C9H11NO3/c1-10(12)6-7-3-4-8(11)9(5-7)13-2/h3-6,12H,1-2H3. The molecule has 0 radical (unpaired) electrons. The highest BCUT2D eigenvalue weighted by atomic mass is 16.5. The summed E-state index contributed by atoms with van der Waals surface area (Å²) >= 11 is 0. The normalized spacial score (nSPS) is 18.8. The molecule has 0 amide bonds. The van der Waals surface area contributed by atoms with Crippen molar-refractivity contribution in [2.24, 2.45) is 0 Å². The third-order valence-corrected chi connectivity index (χ3v) is 1.52. The van der Waals surface area contributed by atoms with Gasteiger partial charge in [0.15, 0.2) is 5.76 Å². The van der Waals surface area contributed by atoms with Gasteiger partial charge in [-0.2, -0.15) is 0 Å². The molecule has 0 atom stereocenters. The van der Waals surface area contributed by atoms with Gasteiger partial charge in [0.2, 0.25) is 5.78 Å². The van der Waals surface area contributed by atoms with Gasteiger partial charge in [-0.05, 0) is 23.8 Å². The fourth-order valence-electron chi connectivity index (χ4n) is 0.980. The number of methoxy groups -OCH3 is 1. The molecular weight excluding hydrogens is 170 g/mol. The zero-order valence-electron chi connectivity index (χ0n) is 7.52. The van der Waals surface area contributed by atoms with E-state index in [4.69, 9.17) is 9.94 Å². The number of carbonyl (C=O) groups is 1. The Bertz CT molecular complexity index is 300. The maximum Gasteiger partial charge on any atom is 0.220 e. The lowest BCUT2D eigenvalue weighted by Gasteiger charge is -2.09. The van der Waals surface area contributed by atoms with E-state index in [1.807, 2.05) is 0 Å². The van der Waals surface area contributed by atoms with Gasteiger partial charge >= 0.3 is 0 Å². The number of hydroxylamine groups is 2. The van der Waals surface area contributed by atoms with Crippen molar-refractivity contribution in [2.75, 3.05) is 14.2 Å². The quantitative estimate of drug-likeness (QED) is 0.642. The number of rotatable bonds is 2. The van der Waals surface area contributed by atoms with Crippen LogP contribution >= 0.6 is 0 Å². The van der Waals surface area contributed by atoms with Crippen LogP contribution in [0.5, 0.6) is 0 Å². The molecule has 0 aliphatic heterocycles. The molecule has 1 aliphatic carbocycles. The predicted molar refractivity (Wildman–Crippen MR) is 46.9 cm³/mol. The molecule has 0 saturated heterocycles. The second-order valence-corrected chi connectivity index (χ2v) is 2.61. The first-order valence-electron chi connectivity index (χ1n) is 3.75. The molecule has 0 aromatic carbocycles. The Morgan fingerprint density at radius 1 is 1.54 bits per heavy atom. The molecule has 1 rings (SSSR count). The van der Waals surface area contributed by atoms with Gasteiger partial charge in [-0.1, -0.05) is 0 Å². The zero-order valence-corrected chi connectivity index (χ0v) is 7.52. The van der Waals surface area contributed by atoms with Gasteiger partial charge in [0.25, 0.3) is 0 Å². The Labute approximate surface area is 76.4 Å². The number of nitrogens with zero attached hydrogens (tertiary/aromatic N) is 1. The highest BCUT2D eigenvalue weighted by Crippen LogP contribution is 2.13. The molecule has 0 heterocycles. The summed E-state index contributed by atoms with van der Waals surface area (Å²) in [7, 11) is 2.92. The molecule has 70 valence electrons. The molecule has 1 aliphatic rings. The van der Waals surface area contributed by atoms with Crippen LogP contribution < -0.4 is 0 Å². The molecule has 1 N–H and O–H groups in total. The first kappa shape index (κ1) is 9.54. The van der Waals surface area contributed by atoms with E-state index in [0.717, 1.165) is 5.06 Å². The molecule has 0 spiro atoms. The average Bonchev–Trinajstić information content (AvgIpc) is 2.07. The molecule has 4 nitrogen and oxygen atoms in total. The summed E-state index contributed by atoms with van der Waals surface area (Å²) in [6.45, 7) is 0. The van der Waals surface area contributed by atoms with Gasteiger partial charge in [0.1, 0.15) is 0 Å². The number of allylic oxidation sites excluding steroid dienone is 4. The second kappa shape index (κ2) is 3.91. The third-order valence-electron chi connectivity index (χ3n) is 1.52. The van der Waals surface area contributed by atoms with Crippen molar-refractivity contribution < 1.29 is 14.7 Å². The van der Waals surface area contributed by atoms with Crippen molar-refractivity contribution in [3.63, 3.8) is 0 Å². The third kappa shape index (κ3) is 2.45. The van der Waals surface area contributed by atoms with Gasteiger partial charge < -0.3 is 4.74 Å². The topological polar surface area (TPSA) is 49.8 Å². The van der Waals surface area contributed by atoms with Crippen molar-refractivity contribution in [1.82, 2.24) is 5.06 Å². The van der Waals surface area contributed by atoms with Crippen molar-refractivity contribution in [3.8, 4) is 0 Å². The van der Waals surface area contributed by atoms with Gasteiger partial charge in [-0.15, -0.1) is 0 Å². The minimum atomic E-state index is -0.166. The predicted octanol–water partition coefficient (Wildman–Crippen LogP) is 0.861. The van der Waals surface area contributed by atoms with Crippen LogP contribution in [0.25, 0.3) is 0 Å². The van der Waals surface area contributed by atoms with E-state index in [0.29, 0.717) is 5.57 Å². The summed E-state index contributed by atoms with van der Waals surface area (Å²) < 4.78 is 4.83. The van der Waals surface area contributed by atoms with Crippen LogP contribution in [0.15, 0.2) is 35.8 Å². The van der Waals surface area contributed by atoms with Crippen molar-refractivity contribution in [3.05, 3.63) is 35.8 Å². The smallest absolute Gasteiger partial charge is 0.220 e. The number of hydrogen-bond donors (Lipinski definition) is 1. The fraction of sp³-hybridized carbons (Fsp3) is 0.222. The van der Waals surface area contributed by atoms with E-state index >= 15 is 0 Å². The maximum absolute atomic E-state index is 11.1. The lowest BCUT2D eigenvalue weighted by atomic mass is 10.1. The summed E-state index contributed by atoms with van der Waals surface area (Å²) in [6, 6.07) is 0. The molecule has 0 fully saturated rings. The molecule has 0 unspecified atom stereocenters. The summed E-state index contributed by atoms with van der Waals surface area (Å²) in [4.78, 5) is 11.1. The number of carbonyl (C=O) groups excluding carboxylic acids is 1. The molecule has 4 heteroatoms. The van der Waals surface area contributed by atoms with Crippen molar-refractivity contribution >= 4 is 5.78 Å². The molecule has 0 bridgehead atoms. The highest BCUT2D eigenvalue weighted by Gasteiger charge is 2.10. The maximum atomic E-state index is 11.1. The molecule has 13 heavy (non-hydrogen) atoms. The van der Waals surface area contributed by atoms with Crippen LogP contribution in [0.3, 0.4) is 0 Å². The summed E-state index contributed by atoms with van der Waals surface area (Å²) in [5.41, 5.74) is 0.710. The molecule has 0 saturated carbocycles. The Morgan fingerprint density at radius 3 is 2.77 bits per heavy atom. The van der Waals surface area contributed by atoms with Gasteiger partial charge in [0, 0.05) is 13.2 Å². The van der Waals surface area contributed by atoms with E-state index in [1.54, 1.807) is 12.2 Å². The Morgan fingerprint density at radius 2 is 2.23 bits per heavy atom. The number of ether oxygens (including phenoxy) is 1. The Hall–Kier alpha value is -1.55. The summed E-state index contributed by atoms with van der Waals surface area (Å²) in [5, 5.41) is 9.81. The Kier molecular flexibility index (Phi) is 2.87. The molecular formula is C9H11NO3. The van der Waals surface area contributed by atoms with Gasteiger partial charge in [-0.3, -0.25) is 15.1 Å². The van der Waals surface area contributed by atoms with E-state index in [1.165, 1.54) is 26.4 Å². The highest BCUT2D eigenvalue weighted by molar-refractivity contribution is 6.04. The molecule has 0 aromatic heterocycles. The summed E-state index contributed by atoms with van der Waals surface area (Å²) in [5.74, 6) is 0.107. The first-order chi connectivity index (χ1) is 6.13. The Balaban J connectivity index is 2.88. The minimum absolute atomic E-state index is 0.166.